The molecule has 0 aromatic heterocycles. The van der Waals surface area contributed by atoms with Crippen LogP contribution in [-0.2, 0) is 9.84 Å². The Labute approximate surface area is 166 Å². The molecule has 4 nitrogen and oxygen atoms in total. The van der Waals surface area contributed by atoms with E-state index in [2.05, 4.69) is 41.1 Å². The molecule has 2 aromatic rings. The van der Waals surface area contributed by atoms with E-state index in [1.807, 2.05) is 12.1 Å². The number of benzene rings is 2. The van der Waals surface area contributed by atoms with Crippen molar-refractivity contribution in [3.05, 3.63) is 42.5 Å². The van der Waals surface area contributed by atoms with Gasteiger partial charge in [-0.15, -0.1) is 0 Å². The Hall–Kier alpha value is -1.50. The molecule has 2 heterocycles. The van der Waals surface area contributed by atoms with Gasteiger partial charge in [-0.2, -0.15) is 0 Å². The first-order chi connectivity index (χ1) is 12.9. The first-order valence-corrected chi connectivity index (χ1v) is 12.2. The van der Waals surface area contributed by atoms with E-state index in [0.29, 0.717) is 10.9 Å². The maximum Gasteiger partial charge on any atom is 0.175 e. The third kappa shape index (κ3) is 3.89. The normalized spacial score (nSPS) is 20.2. The zero-order valence-corrected chi connectivity index (χ0v) is 17.5. The number of nitrogens with zero attached hydrogens (tertiary/aromatic N) is 2. The van der Waals surface area contributed by atoms with Crippen LogP contribution in [0.5, 0.6) is 0 Å². The Morgan fingerprint density at radius 2 is 1.85 bits per heavy atom. The van der Waals surface area contributed by atoms with Gasteiger partial charge in [0.05, 0.1) is 16.3 Å². The lowest BCUT2D eigenvalue weighted by Crippen LogP contribution is -2.38. The first kappa shape index (κ1) is 18.8. The fourth-order valence-corrected chi connectivity index (χ4v) is 5.78. The summed E-state index contributed by atoms with van der Waals surface area (Å²) in [6.45, 7) is 2.07. The lowest BCUT2D eigenvalue weighted by atomic mass is 9.99. The monoisotopic (exact) mass is 402 g/mol. The number of anilines is 2. The van der Waals surface area contributed by atoms with Crippen molar-refractivity contribution >= 4 is 33.0 Å². The van der Waals surface area contributed by atoms with E-state index in [9.17, 15) is 8.42 Å². The first-order valence-electron chi connectivity index (χ1n) is 9.52. The molecule has 0 unspecified atom stereocenters. The number of sulfone groups is 1. The minimum atomic E-state index is -3.23. The Morgan fingerprint density at radius 3 is 2.63 bits per heavy atom. The lowest BCUT2D eigenvalue weighted by molar-refractivity contribution is 0.178. The molecule has 6 heteroatoms. The Balaban J connectivity index is 1.68. The van der Waals surface area contributed by atoms with Gasteiger partial charge in [0.1, 0.15) is 0 Å². The highest BCUT2D eigenvalue weighted by atomic mass is 32.2. The van der Waals surface area contributed by atoms with Gasteiger partial charge < -0.3 is 9.80 Å². The smallest absolute Gasteiger partial charge is 0.175 e. The summed E-state index contributed by atoms with van der Waals surface area (Å²) in [6.07, 6.45) is 6.20. The fraction of sp³-hybridized carbons (Fsp3) is 0.429. The maximum atomic E-state index is 12.1. The lowest BCUT2D eigenvalue weighted by Gasteiger charge is -2.37. The van der Waals surface area contributed by atoms with Crippen LogP contribution in [0.25, 0.3) is 0 Å². The number of likely N-dealkylation sites (tertiary alicyclic amines) is 1. The van der Waals surface area contributed by atoms with Gasteiger partial charge in [-0.05, 0) is 63.2 Å². The van der Waals surface area contributed by atoms with Crippen LogP contribution < -0.4 is 4.90 Å². The van der Waals surface area contributed by atoms with E-state index in [1.54, 1.807) is 17.8 Å². The van der Waals surface area contributed by atoms with Gasteiger partial charge in [-0.25, -0.2) is 8.42 Å². The topological polar surface area (TPSA) is 40.6 Å². The van der Waals surface area contributed by atoms with Crippen molar-refractivity contribution < 1.29 is 8.42 Å². The molecule has 1 fully saturated rings. The molecule has 0 amide bonds. The second-order valence-electron chi connectivity index (χ2n) is 7.54. The van der Waals surface area contributed by atoms with Crippen molar-refractivity contribution in [2.45, 2.75) is 46.4 Å². The zero-order valence-electron chi connectivity index (χ0n) is 15.9. The molecule has 2 aliphatic rings. The molecule has 0 radical (unpaired) electrons. The molecule has 0 aliphatic carbocycles. The summed E-state index contributed by atoms with van der Waals surface area (Å²) in [5.41, 5.74) is 2.19. The number of hydrogen-bond donors (Lipinski definition) is 0. The van der Waals surface area contributed by atoms with Crippen molar-refractivity contribution in [1.29, 1.82) is 0 Å². The molecule has 0 bridgehead atoms. The van der Waals surface area contributed by atoms with Crippen LogP contribution in [0, 0.1) is 0 Å². The number of para-hydroxylation sites is 1. The molecule has 0 N–H and O–H groups in total. The predicted molar refractivity (Wildman–Crippen MR) is 112 cm³/mol. The average Bonchev–Trinajstić information content (AvgIpc) is 2.65. The number of hydrogen-bond acceptors (Lipinski definition) is 5. The highest BCUT2D eigenvalue weighted by Crippen LogP contribution is 2.48. The summed E-state index contributed by atoms with van der Waals surface area (Å²) in [7, 11) is -1.00. The predicted octanol–water partition coefficient (Wildman–Crippen LogP) is 4.57. The average molecular weight is 403 g/mol. The molecule has 27 heavy (non-hydrogen) atoms. The Kier molecular flexibility index (Phi) is 5.23. The van der Waals surface area contributed by atoms with Gasteiger partial charge in [0, 0.05) is 28.6 Å². The fourth-order valence-electron chi connectivity index (χ4n) is 4.07. The summed E-state index contributed by atoms with van der Waals surface area (Å²) in [5, 5.41) is 0. The van der Waals surface area contributed by atoms with Gasteiger partial charge in [0.15, 0.2) is 9.84 Å². The quantitative estimate of drug-likeness (QED) is 0.749. The van der Waals surface area contributed by atoms with Crippen LogP contribution in [0.15, 0.2) is 57.2 Å². The van der Waals surface area contributed by atoms with Crippen molar-refractivity contribution in [1.82, 2.24) is 4.90 Å². The highest BCUT2D eigenvalue weighted by Gasteiger charge is 2.26. The number of rotatable bonds is 4. The minimum absolute atomic E-state index is 0.390. The standard InChI is InChI=1S/C21H26N2O2S2/c1-22-13-6-5-7-16(22)12-14-23-18-8-3-4-9-20(18)26-21-11-10-17(15-19(21)23)27(2,24)25/h3-4,8-11,15-16H,5-7,12-14H2,1-2H3/t16-/m0/s1. The van der Waals surface area contributed by atoms with Crippen molar-refractivity contribution in [2.24, 2.45) is 0 Å². The third-order valence-corrected chi connectivity index (χ3v) is 7.87. The second kappa shape index (κ2) is 7.49. The minimum Gasteiger partial charge on any atom is -0.340 e. The molecule has 144 valence electrons. The van der Waals surface area contributed by atoms with Gasteiger partial charge in [0.2, 0.25) is 0 Å². The van der Waals surface area contributed by atoms with Crippen LogP contribution in [0.2, 0.25) is 0 Å². The van der Waals surface area contributed by atoms with Crippen LogP contribution in [0.3, 0.4) is 0 Å². The molecule has 1 saturated heterocycles. The Morgan fingerprint density at radius 1 is 1.07 bits per heavy atom. The van der Waals surface area contributed by atoms with Gasteiger partial charge >= 0.3 is 0 Å². The summed E-state index contributed by atoms with van der Waals surface area (Å²) in [5.74, 6) is 0. The van der Waals surface area contributed by atoms with Crippen LogP contribution >= 0.6 is 11.8 Å². The maximum absolute atomic E-state index is 12.1. The van der Waals surface area contributed by atoms with Crippen LogP contribution in [0.4, 0.5) is 11.4 Å². The Bertz CT molecular complexity index is 943. The molecule has 4 rings (SSSR count). The molecule has 1 atom stereocenters. The molecule has 0 spiro atoms. The molecule has 2 aliphatic heterocycles. The van der Waals surface area contributed by atoms with Gasteiger partial charge in [-0.3, -0.25) is 0 Å². The summed E-state index contributed by atoms with van der Waals surface area (Å²) < 4.78 is 24.2. The van der Waals surface area contributed by atoms with Crippen LogP contribution in [0.1, 0.15) is 25.7 Å². The second-order valence-corrected chi connectivity index (χ2v) is 10.6. The van der Waals surface area contributed by atoms with Gasteiger partial charge in [-0.1, -0.05) is 30.3 Å². The van der Waals surface area contributed by atoms with Crippen molar-refractivity contribution in [3.8, 4) is 0 Å². The number of piperidine rings is 1. The highest BCUT2D eigenvalue weighted by molar-refractivity contribution is 7.99. The number of fused-ring (bicyclic) bond motifs is 2. The molecule has 2 aromatic carbocycles. The summed E-state index contributed by atoms with van der Waals surface area (Å²) in [4.78, 5) is 7.54. The summed E-state index contributed by atoms with van der Waals surface area (Å²) >= 11 is 1.72. The van der Waals surface area contributed by atoms with E-state index in [0.717, 1.165) is 23.5 Å². The zero-order chi connectivity index (χ0) is 19.0. The largest absolute Gasteiger partial charge is 0.340 e. The molecular weight excluding hydrogens is 376 g/mol. The van der Waals surface area contributed by atoms with Gasteiger partial charge in [0.25, 0.3) is 0 Å². The van der Waals surface area contributed by atoms with E-state index < -0.39 is 9.84 Å². The van der Waals surface area contributed by atoms with E-state index in [1.165, 1.54) is 42.6 Å². The van der Waals surface area contributed by atoms with E-state index in [4.69, 9.17) is 0 Å². The van der Waals surface area contributed by atoms with E-state index >= 15 is 0 Å². The van der Waals surface area contributed by atoms with Crippen LogP contribution in [-0.4, -0.2) is 45.8 Å². The third-order valence-electron chi connectivity index (χ3n) is 5.63. The molecular formula is C21H26N2O2S2. The van der Waals surface area contributed by atoms with Crippen molar-refractivity contribution in [2.75, 3.05) is 31.3 Å². The van der Waals surface area contributed by atoms with E-state index in [-0.39, 0.29) is 0 Å². The SMILES string of the molecule is CN1CCCC[C@H]1CCN1c2ccccc2Sc2ccc(S(C)(=O)=O)cc21. The molecule has 0 saturated carbocycles. The summed E-state index contributed by atoms with van der Waals surface area (Å²) in [6, 6.07) is 14.5. The van der Waals surface area contributed by atoms with Crippen molar-refractivity contribution in [3.63, 3.8) is 0 Å².